The predicted octanol–water partition coefficient (Wildman–Crippen LogP) is 3.29. The molecule has 4 nitrogen and oxygen atoms in total. The van der Waals surface area contributed by atoms with Gasteiger partial charge in [-0.3, -0.25) is 4.79 Å². The van der Waals surface area contributed by atoms with Crippen LogP contribution in [0.2, 0.25) is 0 Å². The number of ether oxygens (including phenoxy) is 1. The largest absolute Gasteiger partial charge is 0.462 e. The van der Waals surface area contributed by atoms with Gasteiger partial charge in [0, 0.05) is 0 Å². The van der Waals surface area contributed by atoms with Crippen molar-refractivity contribution < 1.29 is 19.7 Å². The molecule has 130 valence electrons. The fourth-order valence-corrected chi connectivity index (χ4v) is 2.97. The van der Waals surface area contributed by atoms with Crippen molar-refractivity contribution in [1.29, 1.82) is 0 Å². The van der Waals surface area contributed by atoms with Crippen LogP contribution in [0, 0.1) is 17.3 Å². The summed E-state index contributed by atoms with van der Waals surface area (Å²) in [5, 5.41) is 20.7. The Balaban J connectivity index is 2.88. The minimum atomic E-state index is -0.838. The van der Waals surface area contributed by atoms with Crippen LogP contribution in [-0.4, -0.2) is 33.5 Å². The van der Waals surface area contributed by atoms with Gasteiger partial charge in [-0.15, -0.1) is 0 Å². The van der Waals surface area contributed by atoms with E-state index >= 15 is 0 Å². The Kier molecular flexibility index (Phi) is 5.73. The number of aliphatic hydroxyl groups is 2. The van der Waals surface area contributed by atoms with Gasteiger partial charge >= 0.3 is 5.97 Å². The maximum Gasteiger partial charge on any atom is 0.311 e. The van der Waals surface area contributed by atoms with E-state index in [1.807, 2.05) is 20.8 Å². The molecule has 0 amide bonds. The maximum absolute atomic E-state index is 12.3. The van der Waals surface area contributed by atoms with Crippen LogP contribution in [0.15, 0.2) is 0 Å². The fraction of sp³-hybridized carbons (Fsp3) is 0.944. The lowest BCUT2D eigenvalue weighted by atomic mass is 9.68. The topological polar surface area (TPSA) is 66.8 Å². The summed E-state index contributed by atoms with van der Waals surface area (Å²) in [6, 6.07) is 0. The summed E-state index contributed by atoms with van der Waals surface area (Å²) in [4.78, 5) is 12.3. The van der Waals surface area contributed by atoms with Crippen LogP contribution in [0.4, 0.5) is 0 Å². The van der Waals surface area contributed by atoms with Crippen LogP contribution in [0.25, 0.3) is 0 Å². The zero-order valence-electron chi connectivity index (χ0n) is 15.3. The van der Waals surface area contributed by atoms with Crippen molar-refractivity contribution in [3.8, 4) is 0 Å². The van der Waals surface area contributed by atoms with Crippen LogP contribution >= 0.6 is 0 Å². The standard InChI is InChI=1S/C18H34O4/c1-8-16(2,3)15(19)22-14-10-12(17(4,5)20)9-13(11-14)18(6,7)21/h12-14,20-21H,8-11H2,1-7H3/t12-,13+,14?. The Morgan fingerprint density at radius 3 is 1.68 bits per heavy atom. The molecule has 1 fully saturated rings. The highest BCUT2D eigenvalue weighted by Crippen LogP contribution is 2.42. The highest BCUT2D eigenvalue weighted by atomic mass is 16.5. The van der Waals surface area contributed by atoms with E-state index in [0.29, 0.717) is 12.8 Å². The molecule has 1 unspecified atom stereocenters. The van der Waals surface area contributed by atoms with E-state index in [1.54, 1.807) is 27.7 Å². The molecule has 0 aromatic carbocycles. The van der Waals surface area contributed by atoms with Crippen LogP contribution in [0.5, 0.6) is 0 Å². The number of hydrogen-bond acceptors (Lipinski definition) is 4. The zero-order valence-corrected chi connectivity index (χ0v) is 15.3. The van der Waals surface area contributed by atoms with Gasteiger partial charge in [0.25, 0.3) is 0 Å². The molecule has 1 saturated carbocycles. The first kappa shape index (κ1) is 19.4. The van der Waals surface area contributed by atoms with Gasteiger partial charge in [0.2, 0.25) is 0 Å². The fourth-order valence-electron chi connectivity index (χ4n) is 2.97. The molecule has 22 heavy (non-hydrogen) atoms. The predicted molar refractivity (Wildman–Crippen MR) is 87.4 cm³/mol. The van der Waals surface area contributed by atoms with Gasteiger partial charge in [-0.2, -0.15) is 0 Å². The first-order chi connectivity index (χ1) is 9.77. The lowest BCUT2D eigenvalue weighted by Gasteiger charge is -2.44. The minimum Gasteiger partial charge on any atom is -0.462 e. The van der Waals surface area contributed by atoms with Crippen LogP contribution in [-0.2, 0) is 9.53 Å². The van der Waals surface area contributed by atoms with Crippen molar-refractivity contribution in [1.82, 2.24) is 0 Å². The second kappa shape index (κ2) is 6.48. The number of rotatable bonds is 5. The summed E-state index contributed by atoms with van der Waals surface area (Å²) in [7, 11) is 0. The number of hydrogen-bond donors (Lipinski definition) is 2. The van der Waals surface area contributed by atoms with E-state index in [9.17, 15) is 15.0 Å². The number of carbonyl (C=O) groups is 1. The van der Waals surface area contributed by atoms with Gasteiger partial charge < -0.3 is 14.9 Å². The quantitative estimate of drug-likeness (QED) is 0.764. The molecule has 4 heteroatoms. The van der Waals surface area contributed by atoms with Crippen molar-refractivity contribution in [2.45, 2.75) is 91.5 Å². The van der Waals surface area contributed by atoms with Gasteiger partial charge in [-0.05, 0) is 79.1 Å². The minimum absolute atomic E-state index is 0.0141. The second-order valence-corrected chi connectivity index (χ2v) is 8.67. The van der Waals surface area contributed by atoms with Crippen molar-refractivity contribution in [3.05, 3.63) is 0 Å². The van der Waals surface area contributed by atoms with Crippen LogP contribution < -0.4 is 0 Å². The van der Waals surface area contributed by atoms with Crippen LogP contribution in [0.1, 0.15) is 74.1 Å². The molecule has 0 heterocycles. The SMILES string of the molecule is CCC(C)(C)C(=O)OC1C[C@@H](C(C)(C)O)C[C@@H](C(C)(C)O)C1. The Morgan fingerprint density at radius 2 is 1.36 bits per heavy atom. The smallest absolute Gasteiger partial charge is 0.311 e. The molecular weight excluding hydrogens is 280 g/mol. The highest BCUT2D eigenvalue weighted by molar-refractivity contribution is 5.76. The van der Waals surface area contributed by atoms with Gasteiger partial charge in [-0.25, -0.2) is 0 Å². The Labute approximate surface area is 135 Å². The average Bonchev–Trinajstić information content (AvgIpc) is 2.36. The molecule has 0 bridgehead atoms. The molecule has 0 radical (unpaired) electrons. The second-order valence-electron chi connectivity index (χ2n) is 8.67. The molecule has 3 atom stereocenters. The summed E-state index contributed by atoms with van der Waals surface area (Å²) in [6.07, 6.45) is 2.55. The van der Waals surface area contributed by atoms with E-state index in [0.717, 1.165) is 12.8 Å². The van der Waals surface area contributed by atoms with E-state index in [-0.39, 0.29) is 23.9 Å². The molecular formula is C18H34O4. The third-order valence-electron chi connectivity index (χ3n) is 5.37. The zero-order chi connectivity index (χ0) is 17.3. The highest BCUT2D eigenvalue weighted by Gasteiger charge is 2.43. The maximum atomic E-state index is 12.3. The Morgan fingerprint density at radius 1 is 0.955 bits per heavy atom. The first-order valence-corrected chi connectivity index (χ1v) is 8.43. The monoisotopic (exact) mass is 314 g/mol. The van der Waals surface area contributed by atoms with E-state index in [2.05, 4.69) is 0 Å². The summed E-state index contributed by atoms with van der Waals surface area (Å²) in [5.74, 6) is -0.161. The first-order valence-electron chi connectivity index (χ1n) is 8.43. The third kappa shape index (κ3) is 4.95. The molecule has 1 aliphatic carbocycles. The average molecular weight is 314 g/mol. The third-order valence-corrected chi connectivity index (χ3v) is 5.37. The summed E-state index contributed by atoms with van der Waals surface area (Å²) in [5.41, 5.74) is -2.17. The van der Waals surface area contributed by atoms with Crippen molar-refractivity contribution >= 4 is 5.97 Å². The molecule has 1 aliphatic rings. The Hall–Kier alpha value is -0.610. The molecule has 0 aromatic rings. The lowest BCUT2D eigenvalue weighted by Crippen LogP contribution is -2.46. The lowest BCUT2D eigenvalue weighted by molar-refractivity contribution is -0.169. The summed E-state index contributed by atoms with van der Waals surface area (Å²) < 4.78 is 5.74. The van der Waals surface area contributed by atoms with Gasteiger partial charge in [0.1, 0.15) is 6.10 Å². The number of esters is 1. The van der Waals surface area contributed by atoms with Crippen molar-refractivity contribution in [2.24, 2.45) is 17.3 Å². The van der Waals surface area contributed by atoms with Crippen LogP contribution in [0.3, 0.4) is 0 Å². The number of carbonyl (C=O) groups excluding carboxylic acids is 1. The van der Waals surface area contributed by atoms with Gasteiger partial charge in [0.05, 0.1) is 16.6 Å². The normalized spacial score (nSPS) is 27.6. The summed E-state index contributed by atoms with van der Waals surface area (Å²) >= 11 is 0. The van der Waals surface area contributed by atoms with E-state index in [4.69, 9.17) is 4.74 Å². The van der Waals surface area contributed by atoms with E-state index < -0.39 is 16.6 Å². The molecule has 0 spiro atoms. The van der Waals surface area contributed by atoms with Crippen molar-refractivity contribution in [2.75, 3.05) is 0 Å². The van der Waals surface area contributed by atoms with E-state index in [1.165, 1.54) is 0 Å². The summed E-state index contributed by atoms with van der Waals surface area (Å²) in [6.45, 7) is 12.9. The molecule has 0 aromatic heterocycles. The molecule has 0 aliphatic heterocycles. The molecule has 2 N–H and O–H groups in total. The van der Waals surface area contributed by atoms with Crippen molar-refractivity contribution in [3.63, 3.8) is 0 Å². The van der Waals surface area contributed by atoms with Gasteiger partial charge in [0.15, 0.2) is 0 Å². The van der Waals surface area contributed by atoms with Gasteiger partial charge in [-0.1, -0.05) is 6.92 Å². The molecule has 1 rings (SSSR count). The Bertz CT molecular complexity index is 365. The molecule has 0 saturated heterocycles.